The van der Waals surface area contributed by atoms with Crippen molar-refractivity contribution in [3.05, 3.63) is 26.9 Å². The zero-order chi connectivity index (χ0) is 14.5. The van der Waals surface area contributed by atoms with Crippen molar-refractivity contribution in [3.8, 4) is 5.88 Å². The molecule has 110 valence electrons. The van der Waals surface area contributed by atoms with Gasteiger partial charge in [0.1, 0.15) is 0 Å². The van der Waals surface area contributed by atoms with Gasteiger partial charge >= 0.3 is 5.69 Å². The van der Waals surface area contributed by atoms with Crippen LogP contribution in [0.15, 0.2) is 16.7 Å². The Hall–Kier alpha value is -1.21. The topological polar surface area (TPSA) is 91.3 Å². The molecule has 1 aliphatic carbocycles. The Morgan fingerprint density at radius 3 is 2.80 bits per heavy atom. The minimum atomic E-state index is -0.478. The maximum absolute atomic E-state index is 11.0. The van der Waals surface area contributed by atoms with Crippen molar-refractivity contribution in [2.75, 3.05) is 13.2 Å². The van der Waals surface area contributed by atoms with Crippen LogP contribution in [0.3, 0.4) is 0 Å². The molecular formula is C13H18BrN3O3. The molecule has 0 saturated heterocycles. The Morgan fingerprint density at radius 1 is 1.45 bits per heavy atom. The number of hydrogen-bond acceptors (Lipinski definition) is 5. The van der Waals surface area contributed by atoms with E-state index >= 15 is 0 Å². The van der Waals surface area contributed by atoms with Crippen molar-refractivity contribution in [1.29, 1.82) is 0 Å². The summed E-state index contributed by atoms with van der Waals surface area (Å²) in [6.07, 6.45) is 6.05. The highest BCUT2D eigenvalue weighted by atomic mass is 79.9. The van der Waals surface area contributed by atoms with Crippen LogP contribution in [0.2, 0.25) is 0 Å². The summed E-state index contributed by atoms with van der Waals surface area (Å²) in [4.78, 5) is 14.5. The first-order valence-corrected chi connectivity index (χ1v) is 7.54. The van der Waals surface area contributed by atoms with Crippen LogP contribution in [-0.4, -0.2) is 23.1 Å². The molecule has 1 fully saturated rings. The van der Waals surface area contributed by atoms with Gasteiger partial charge in [-0.15, -0.1) is 0 Å². The molecule has 0 bridgehead atoms. The zero-order valence-corrected chi connectivity index (χ0v) is 12.7. The molecule has 1 aromatic rings. The summed E-state index contributed by atoms with van der Waals surface area (Å²) in [5, 5.41) is 11.0. The van der Waals surface area contributed by atoms with Gasteiger partial charge in [0.2, 0.25) is 0 Å². The molecule has 2 unspecified atom stereocenters. The number of nitrogens with two attached hydrogens (primary N) is 1. The maximum Gasteiger partial charge on any atom is 0.332 e. The van der Waals surface area contributed by atoms with Gasteiger partial charge in [-0.1, -0.05) is 12.8 Å². The number of nitro groups is 1. The molecule has 1 aliphatic rings. The summed E-state index contributed by atoms with van der Waals surface area (Å²) >= 11 is 3.17. The SMILES string of the molecule is NCC1CCCCC1COc1ncc(Br)cc1[N+](=O)[O-]. The van der Waals surface area contributed by atoms with Gasteiger partial charge in [-0.25, -0.2) is 4.98 Å². The van der Waals surface area contributed by atoms with Crippen LogP contribution < -0.4 is 10.5 Å². The van der Waals surface area contributed by atoms with Gasteiger partial charge in [-0.05, 0) is 47.2 Å². The summed E-state index contributed by atoms with van der Waals surface area (Å²) in [5.41, 5.74) is 5.66. The highest BCUT2D eigenvalue weighted by Crippen LogP contribution is 2.32. The Labute approximate surface area is 126 Å². The lowest BCUT2D eigenvalue weighted by atomic mass is 9.80. The number of ether oxygens (including phenoxy) is 1. The van der Waals surface area contributed by atoms with E-state index in [9.17, 15) is 10.1 Å². The van der Waals surface area contributed by atoms with Gasteiger partial charge in [0.25, 0.3) is 5.88 Å². The molecule has 2 N–H and O–H groups in total. The maximum atomic E-state index is 11.0. The van der Waals surface area contributed by atoms with E-state index in [1.165, 1.54) is 25.1 Å². The van der Waals surface area contributed by atoms with E-state index in [-0.39, 0.29) is 11.6 Å². The van der Waals surface area contributed by atoms with Crippen LogP contribution in [0.1, 0.15) is 25.7 Å². The summed E-state index contributed by atoms with van der Waals surface area (Å²) in [6, 6.07) is 1.41. The van der Waals surface area contributed by atoms with E-state index in [0.29, 0.717) is 29.5 Å². The van der Waals surface area contributed by atoms with Gasteiger partial charge in [0.15, 0.2) is 0 Å². The van der Waals surface area contributed by atoms with Crippen LogP contribution in [0, 0.1) is 22.0 Å². The quantitative estimate of drug-likeness (QED) is 0.655. The fourth-order valence-corrected chi connectivity index (χ4v) is 2.98. The van der Waals surface area contributed by atoms with Gasteiger partial charge in [0.05, 0.1) is 11.5 Å². The van der Waals surface area contributed by atoms with Crippen LogP contribution in [0.4, 0.5) is 5.69 Å². The minimum Gasteiger partial charge on any atom is -0.473 e. The first kappa shape index (κ1) is 15.2. The Morgan fingerprint density at radius 2 is 2.15 bits per heavy atom. The zero-order valence-electron chi connectivity index (χ0n) is 11.1. The lowest BCUT2D eigenvalue weighted by Crippen LogP contribution is -2.30. The smallest absolute Gasteiger partial charge is 0.332 e. The second-order valence-electron chi connectivity index (χ2n) is 5.09. The molecule has 1 heterocycles. The monoisotopic (exact) mass is 343 g/mol. The highest BCUT2D eigenvalue weighted by Gasteiger charge is 2.26. The van der Waals surface area contributed by atoms with Crippen molar-refractivity contribution in [2.24, 2.45) is 17.6 Å². The molecule has 20 heavy (non-hydrogen) atoms. The Balaban J connectivity index is 2.04. The Kier molecular flexibility index (Phi) is 5.31. The second-order valence-corrected chi connectivity index (χ2v) is 6.00. The summed E-state index contributed by atoms with van der Waals surface area (Å²) in [5.74, 6) is 0.886. The van der Waals surface area contributed by atoms with Crippen molar-refractivity contribution in [2.45, 2.75) is 25.7 Å². The van der Waals surface area contributed by atoms with Gasteiger partial charge in [0, 0.05) is 16.7 Å². The van der Waals surface area contributed by atoms with Gasteiger partial charge in [-0.2, -0.15) is 0 Å². The van der Waals surface area contributed by atoms with E-state index in [0.717, 1.165) is 12.8 Å². The molecule has 0 aliphatic heterocycles. The third kappa shape index (κ3) is 3.67. The first-order chi connectivity index (χ1) is 9.61. The molecule has 0 radical (unpaired) electrons. The van der Waals surface area contributed by atoms with Crippen LogP contribution in [0.25, 0.3) is 0 Å². The number of rotatable bonds is 5. The molecule has 0 amide bonds. The van der Waals surface area contributed by atoms with Crippen molar-refractivity contribution in [1.82, 2.24) is 4.98 Å². The normalized spacial score (nSPS) is 22.5. The van der Waals surface area contributed by atoms with E-state index in [1.807, 2.05) is 0 Å². The van der Waals surface area contributed by atoms with Crippen molar-refractivity contribution >= 4 is 21.6 Å². The van der Waals surface area contributed by atoms with E-state index in [1.54, 1.807) is 0 Å². The molecule has 0 spiro atoms. The van der Waals surface area contributed by atoms with Crippen molar-refractivity contribution < 1.29 is 9.66 Å². The lowest BCUT2D eigenvalue weighted by molar-refractivity contribution is -0.386. The predicted octanol–water partition coefficient (Wildman–Crippen LogP) is 2.90. The first-order valence-electron chi connectivity index (χ1n) is 6.74. The summed E-state index contributed by atoms with van der Waals surface area (Å²) in [7, 11) is 0. The lowest BCUT2D eigenvalue weighted by Gasteiger charge is -2.30. The van der Waals surface area contributed by atoms with Gasteiger partial charge < -0.3 is 10.5 Å². The predicted molar refractivity (Wildman–Crippen MR) is 78.6 cm³/mol. The fraction of sp³-hybridized carbons (Fsp3) is 0.615. The molecule has 1 aromatic heterocycles. The summed E-state index contributed by atoms with van der Waals surface area (Å²) < 4.78 is 6.16. The number of aromatic nitrogens is 1. The van der Waals surface area contributed by atoms with Gasteiger partial charge in [-0.3, -0.25) is 10.1 Å². The molecule has 2 atom stereocenters. The largest absolute Gasteiger partial charge is 0.473 e. The third-order valence-corrected chi connectivity index (χ3v) is 4.23. The number of hydrogen-bond donors (Lipinski definition) is 1. The molecule has 1 saturated carbocycles. The molecule has 7 heteroatoms. The van der Waals surface area contributed by atoms with E-state index < -0.39 is 4.92 Å². The average molecular weight is 344 g/mol. The second kappa shape index (κ2) is 6.99. The number of pyridine rings is 1. The van der Waals surface area contributed by atoms with E-state index in [2.05, 4.69) is 20.9 Å². The molecule has 0 aromatic carbocycles. The number of halogens is 1. The van der Waals surface area contributed by atoms with Crippen LogP contribution >= 0.6 is 15.9 Å². The highest BCUT2D eigenvalue weighted by molar-refractivity contribution is 9.10. The third-order valence-electron chi connectivity index (χ3n) is 3.80. The minimum absolute atomic E-state index is 0.0829. The molecule has 6 nitrogen and oxygen atoms in total. The fourth-order valence-electron chi connectivity index (χ4n) is 2.66. The molecular weight excluding hydrogens is 326 g/mol. The average Bonchev–Trinajstić information content (AvgIpc) is 2.46. The van der Waals surface area contributed by atoms with E-state index in [4.69, 9.17) is 10.5 Å². The Bertz CT molecular complexity index is 484. The molecule has 2 rings (SSSR count). The number of nitrogens with zero attached hydrogens (tertiary/aromatic N) is 2. The standard InChI is InChI=1S/C13H18BrN3O3/c14-11-5-12(17(18)19)13(16-7-11)20-8-10-4-2-1-3-9(10)6-15/h5,7,9-10H,1-4,6,8,15H2. The van der Waals surface area contributed by atoms with Crippen LogP contribution in [0.5, 0.6) is 5.88 Å². The van der Waals surface area contributed by atoms with Crippen molar-refractivity contribution in [3.63, 3.8) is 0 Å². The summed E-state index contributed by atoms with van der Waals surface area (Å²) in [6.45, 7) is 1.08. The van der Waals surface area contributed by atoms with Crippen LogP contribution in [-0.2, 0) is 0 Å².